The van der Waals surface area contributed by atoms with Crippen LogP contribution in [-0.2, 0) is 0 Å². The van der Waals surface area contributed by atoms with Crippen LogP contribution in [0.15, 0.2) is 22.6 Å². The molecule has 0 saturated carbocycles. The second-order valence-corrected chi connectivity index (χ2v) is 8.06. The molecule has 154 valence electrons. The van der Waals surface area contributed by atoms with Crippen molar-refractivity contribution in [2.45, 2.75) is 38.5 Å². The Hall–Kier alpha value is -2.41. The average molecular weight is 420 g/mol. The van der Waals surface area contributed by atoms with E-state index in [1.54, 1.807) is 11.8 Å². The van der Waals surface area contributed by atoms with Gasteiger partial charge >= 0.3 is 0 Å². The molecule has 2 amide bonds. The van der Waals surface area contributed by atoms with Gasteiger partial charge in [0.15, 0.2) is 11.6 Å². The first-order valence-electron chi connectivity index (χ1n) is 9.95. The molecule has 1 aromatic carbocycles. The molecule has 0 aliphatic carbocycles. The van der Waals surface area contributed by atoms with Crippen LogP contribution in [0.3, 0.4) is 0 Å². The SMILES string of the molecule is Cc1oc(C2CCN(C(=O)c3ccc(F)c(Cl)c3)CC2)nc1C(=O)N1CCCC1. The number of aromatic nitrogens is 1. The number of likely N-dealkylation sites (tertiary alicyclic amines) is 2. The van der Waals surface area contributed by atoms with Crippen LogP contribution in [0.25, 0.3) is 0 Å². The minimum absolute atomic E-state index is 0.0591. The van der Waals surface area contributed by atoms with Gasteiger partial charge in [-0.05, 0) is 50.8 Å². The van der Waals surface area contributed by atoms with Crippen molar-refractivity contribution < 1.29 is 18.4 Å². The summed E-state index contributed by atoms with van der Waals surface area (Å²) in [6.45, 7) is 4.39. The van der Waals surface area contributed by atoms with E-state index in [1.165, 1.54) is 18.2 Å². The monoisotopic (exact) mass is 419 g/mol. The summed E-state index contributed by atoms with van der Waals surface area (Å²) in [6, 6.07) is 4.01. The topological polar surface area (TPSA) is 66.7 Å². The molecule has 0 unspecified atom stereocenters. The third-order valence-electron chi connectivity index (χ3n) is 5.71. The molecule has 29 heavy (non-hydrogen) atoms. The lowest BCUT2D eigenvalue weighted by atomic mass is 9.96. The Balaban J connectivity index is 1.40. The first-order chi connectivity index (χ1) is 13.9. The molecular formula is C21H23ClFN3O3. The van der Waals surface area contributed by atoms with E-state index < -0.39 is 5.82 Å². The number of nitrogens with zero attached hydrogens (tertiary/aromatic N) is 3. The Bertz CT molecular complexity index is 931. The van der Waals surface area contributed by atoms with Gasteiger partial charge in [-0.1, -0.05) is 11.6 Å². The summed E-state index contributed by atoms with van der Waals surface area (Å²) in [6.07, 6.45) is 3.44. The zero-order valence-corrected chi connectivity index (χ0v) is 17.0. The predicted molar refractivity (Wildman–Crippen MR) is 106 cm³/mol. The average Bonchev–Trinajstić information content (AvgIpc) is 3.39. The summed E-state index contributed by atoms with van der Waals surface area (Å²) in [4.78, 5) is 33.3. The second kappa shape index (κ2) is 8.14. The number of oxazole rings is 1. The number of hydrogen-bond donors (Lipinski definition) is 0. The Morgan fingerprint density at radius 1 is 1.10 bits per heavy atom. The summed E-state index contributed by atoms with van der Waals surface area (Å²) < 4.78 is 19.2. The molecule has 0 spiro atoms. The van der Waals surface area contributed by atoms with Gasteiger partial charge in [0.2, 0.25) is 0 Å². The van der Waals surface area contributed by atoms with Crippen molar-refractivity contribution in [1.29, 1.82) is 0 Å². The molecule has 8 heteroatoms. The van der Waals surface area contributed by atoms with Crippen LogP contribution >= 0.6 is 11.6 Å². The number of piperidine rings is 1. The molecule has 2 aliphatic rings. The molecule has 2 fully saturated rings. The van der Waals surface area contributed by atoms with E-state index in [-0.39, 0.29) is 22.8 Å². The number of rotatable bonds is 3. The van der Waals surface area contributed by atoms with Gasteiger partial charge in [-0.2, -0.15) is 0 Å². The molecule has 0 radical (unpaired) electrons. The largest absolute Gasteiger partial charge is 0.445 e. The molecule has 1 aromatic heterocycles. The highest BCUT2D eigenvalue weighted by atomic mass is 35.5. The van der Waals surface area contributed by atoms with Gasteiger partial charge in [-0.25, -0.2) is 9.37 Å². The van der Waals surface area contributed by atoms with Gasteiger partial charge in [0.1, 0.15) is 11.6 Å². The first kappa shape index (κ1) is 19.9. The van der Waals surface area contributed by atoms with Crippen molar-refractivity contribution in [3.8, 4) is 0 Å². The Kier molecular flexibility index (Phi) is 5.58. The maximum absolute atomic E-state index is 13.3. The van der Waals surface area contributed by atoms with E-state index >= 15 is 0 Å². The highest BCUT2D eigenvalue weighted by molar-refractivity contribution is 6.31. The molecule has 0 atom stereocenters. The lowest BCUT2D eigenvalue weighted by Gasteiger charge is -2.30. The molecule has 0 N–H and O–H groups in total. The highest BCUT2D eigenvalue weighted by Crippen LogP contribution is 2.30. The number of carbonyl (C=O) groups excluding carboxylic acids is 2. The summed E-state index contributed by atoms with van der Waals surface area (Å²) in [5.74, 6) is 0.420. The van der Waals surface area contributed by atoms with E-state index in [9.17, 15) is 14.0 Å². The van der Waals surface area contributed by atoms with Gasteiger partial charge in [0.25, 0.3) is 11.8 Å². The Labute approximate surface area is 173 Å². The van der Waals surface area contributed by atoms with Crippen molar-refractivity contribution in [1.82, 2.24) is 14.8 Å². The normalized spacial score (nSPS) is 17.8. The van der Waals surface area contributed by atoms with Crippen LogP contribution in [0.4, 0.5) is 4.39 Å². The fraction of sp³-hybridized carbons (Fsp3) is 0.476. The Morgan fingerprint density at radius 2 is 1.76 bits per heavy atom. The molecule has 2 aromatic rings. The lowest BCUT2D eigenvalue weighted by Crippen LogP contribution is -2.38. The Morgan fingerprint density at radius 3 is 2.41 bits per heavy atom. The van der Waals surface area contributed by atoms with E-state index in [4.69, 9.17) is 16.0 Å². The third kappa shape index (κ3) is 4.01. The third-order valence-corrected chi connectivity index (χ3v) is 6.00. The van der Waals surface area contributed by atoms with E-state index in [2.05, 4.69) is 4.98 Å². The highest BCUT2D eigenvalue weighted by Gasteiger charge is 2.31. The maximum atomic E-state index is 13.3. The van der Waals surface area contributed by atoms with E-state index in [1.807, 2.05) is 4.90 Å². The van der Waals surface area contributed by atoms with Crippen LogP contribution in [0.2, 0.25) is 5.02 Å². The minimum atomic E-state index is -0.541. The fourth-order valence-electron chi connectivity index (χ4n) is 4.00. The fourth-order valence-corrected chi connectivity index (χ4v) is 4.18. The minimum Gasteiger partial charge on any atom is -0.445 e. The van der Waals surface area contributed by atoms with Crippen LogP contribution in [0.1, 0.15) is 64.1 Å². The maximum Gasteiger partial charge on any atom is 0.276 e. The van der Waals surface area contributed by atoms with Crippen LogP contribution in [-0.4, -0.2) is 52.8 Å². The van der Waals surface area contributed by atoms with Crippen molar-refractivity contribution in [3.63, 3.8) is 0 Å². The van der Waals surface area contributed by atoms with Crippen molar-refractivity contribution >= 4 is 23.4 Å². The standard InChI is InChI=1S/C21H23ClFN3O3/c1-13-18(21(28)25-8-2-3-9-25)24-19(29-13)14-6-10-26(11-7-14)20(27)15-4-5-17(23)16(22)12-15/h4-5,12,14H,2-3,6-11H2,1H3. The smallest absolute Gasteiger partial charge is 0.276 e. The van der Waals surface area contributed by atoms with E-state index in [0.29, 0.717) is 48.8 Å². The summed E-state index contributed by atoms with van der Waals surface area (Å²) in [5.41, 5.74) is 0.779. The molecule has 6 nitrogen and oxygen atoms in total. The number of hydrogen-bond acceptors (Lipinski definition) is 4. The molecular weight excluding hydrogens is 397 g/mol. The first-order valence-corrected chi connectivity index (χ1v) is 10.3. The van der Waals surface area contributed by atoms with Crippen LogP contribution < -0.4 is 0 Å². The number of amides is 2. The zero-order chi connectivity index (χ0) is 20.5. The summed E-state index contributed by atoms with van der Waals surface area (Å²) in [5, 5.41) is -0.0591. The molecule has 2 saturated heterocycles. The quantitative estimate of drug-likeness (QED) is 0.753. The van der Waals surface area contributed by atoms with Gasteiger partial charge < -0.3 is 14.2 Å². The summed E-state index contributed by atoms with van der Waals surface area (Å²) in [7, 11) is 0. The lowest BCUT2D eigenvalue weighted by molar-refractivity contribution is 0.0705. The zero-order valence-electron chi connectivity index (χ0n) is 16.3. The molecule has 4 rings (SSSR count). The van der Waals surface area contributed by atoms with Crippen molar-refractivity contribution in [2.75, 3.05) is 26.2 Å². The number of carbonyl (C=O) groups is 2. The van der Waals surface area contributed by atoms with E-state index in [0.717, 1.165) is 25.9 Å². The number of benzene rings is 1. The van der Waals surface area contributed by atoms with Crippen LogP contribution in [0, 0.1) is 12.7 Å². The van der Waals surface area contributed by atoms with Gasteiger partial charge in [0.05, 0.1) is 5.02 Å². The van der Waals surface area contributed by atoms with Gasteiger partial charge in [0, 0.05) is 37.7 Å². The van der Waals surface area contributed by atoms with Gasteiger partial charge in [-0.15, -0.1) is 0 Å². The molecule has 3 heterocycles. The molecule has 2 aliphatic heterocycles. The van der Waals surface area contributed by atoms with Crippen molar-refractivity contribution in [2.24, 2.45) is 0 Å². The van der Waals surface area contributed by atoms with Gasteiger partial charge in [-0.3, -0.25) is 9.59 Å². The molecule has 0 bridgehead atoms. The number of halogens is 2. The van der Waals surface area contributed by atoms with Crippen LogP contribution in [0.5, 0.6) is 0 Å². The second-order valence-electron chi connectivity index (χ2n) is 7.65. The predicted octanol–water partition coefficient (Wildman–Crippen LogP) is 4.03. The van der Waals surface area contributed by atoms with Crippen molar-refractivity contribution in [3.05, 3.63) is 51.9 Å². The summed E-state index contributed by atoms with van der Waals surface area (Å²) >= 11 is 5.79. The number of aryl methyl sites for hydroxylation is 1.